The van der Waals surface area contributed by atoms with Crippen LogP contribution in [0.4, 0.5) is 26.3 Å². The minimum atomic E-state index is -5.80. The fourth-order valence-corrected chi connectivity index (χ4v) is 5.18. The van der Waals surface area contributed by atoms with Crippen LogP contribution in [0.2, 0.25) is 0 Å². The number of hydrogen-bond donors (Lipinski definition) is 1. The maximum atomic E-state index is 13.0. The number of esters is 1. The molecule has 9 heteroatoms. The number of halogens is 6. The van der Waals surface area contributed by atoms with E-state index in [1.807, 2.05) is 34.6 Å². The molecule has 30 heavy (non-hydrogen) atoms. The summed E-state index contributed by atoms with van der Waals surface area (Å²) in [4.78, 5) is 12.9. The number of aliphatic hydroxyl groups is 1. The molecule has 0 aromatic heterocycles. The van der Waals surface area contributed by atoms with Crippen molar-refractivity contribution in [1.29, 1.82) is 0 Å². The van der Waals surface area contributed by atoms with Gasteiger partial charge in [-0.3, -0.25) is 4.79 Å². The van der Waals surface area contributed by atoms with E-state index >= 15 is 0 Å². The predicted molar refractivity (Wildman–Crippen MR) is 98.3 cm³/mol. The monoisotopic (exact) mass is 446 g/mol. The molecule has 0 heterocycles. The lowest BCUT2D eigenvalue weighted by molar-refractivity contribution is -0.373. The molecule has 1 N–H and O–H groups in total. The van der Waals surface area contributed by atoms with E-state index in [1.54, 1.807) is 0 Å². The second kappa shape index (κ2) is 8.17. The van der Waals surface area contributed by atoms with E-state index in [1.165, 1.54) is 0 Å². The molecular formula is C21H32F6O3. The minimum absolute atomic E-state index is 0.0207. The largest absolute Gasteiger partial charge is 0.462 e. The molecule has 2 rings (SSSR count). The molecule has 3 nitrogen and oxygen atoms in total. The molecule has 0 spiro atoms. The second-order valence-electron chi connectivity index (χ2n) is 10.2. The van der Waals surface area contributed by atoms with E-state index in [-0.39, 0.29) is 36.6 Å². The smallest absolute Gasteiger partial charge is 0.426 e. The standard InChI is InChI=1S/C21H32F6O3/c1-11(2)9-18(5,12(3)4)17(28)30-16-8-13-6-14(16)7-15(13)10-19(29,20(22,23)24)21(25,26)27/h11-16,29H,6-10H2,1-5H3. The summed E-state index contributed by atoms with van der Waals surface area (Å²) < 4.78 is 83.8. The fraction of sp³-hybridized carbons (Fsp3) is 0.952. The van der Waals surface area contributed by atoms with E-state index in [0.29, 0.717) is 12.8 Å². The Morgan fingerprint density at radius 2 is 1.50 bits per heavy atom. The van der Waals surface area contributed by atoms with Crippen LogP contribution >= 0.6 is 0 Å². The summed E-state index contributed by atoms with van der Waals surface area (Å²) in [5, 5.41) is 9.50. The van der Waals surface area contributed by atoms with Crippen molar-refractivity contribution in [1.82, 2.24) is 0 Å². The van der Waals surface area contributed by atoms with E-state index in [2.05, 4.69) is 0 Å². The summed E-state index contributed by atoms with van der Waals surface area (Å²) in [6.07, 6.45) is -12.1. The number of carbonyl (C=O) groups excluding carboxylic acids is 1. The third kappa shape index (κ3) is 4.60. The SMILES string of the molecule is CC(C)CC(C)(C(=O)OC1CC2CC1CC2CC(O)(C(F)(F)F)C(F)(F)F)C(C)C. The Labute approximate surface area is 173 Å². The zero-order valence-corrected chi connectivity index (χ0v) is 18.0. The van der Waals surface area contributed by atoms with Crippen molar-refractivity contribution in [3.63, 3.8) is 0 Å². The zero-order valence-electron chi connectivity index (χ0n) is 18.0. The average molecular weight is 446 g/mol. The van der Waals surface area contributed by atoms with Gasteiger partial charge in [0, 0.05) is 0 Å². The third-order valence-electron chi connectivity index (χ3n) is 7.27. The van der Waals surface area contributed by atoms with Crippen LogP contribution in [0.3, 0.4) is 0 Å². The van der Waals surface area contributed by atoms with Crippen LogP contribution < -0.4 is 0 Å². The molecule has 0 saturated heterocycles. The van der Waals surface area contributed by atoms with Crippen LogP contribution in [0.5, 0.6) is 0 Å². The number of fused-ring (bicyclic) bond motifs is 2. The van der Waals surface area contributed by atoms with Crippen LogP contribution in [0.1, 0.15) is 66.7 Å². The Bertz CT molecular complexity index is 613. The van der Waals surface area contributed by atoms with Gasteiger partial charge >= 0.3 is 18.3 Å². The van der Waals surface area contributed by atoms with Crippen LogP contribution in [-0.2, 0) is 9.53 Å². The van der Waals surface area contributed by atoms with Gasteiger partial charge in [0.1, 0.15) is 6.10 Å². The number of hydrogen-bond acceptors (Lipinski definition) is 3. The first kappa shape index (κ1) is 25.3. The van der Waals surface area contributed by atoms with Gasteiger partial charge in [-0.1, -0.05) is 27.7 Å². The Kier molecular flexibility index (Phi) is 6.88. The highest BCUT2D eigenvalue weighted by molar-refractivity contribution is 5.77. The predicted octanol–water partition coefficient (Wildman–Crippen LogP) is 5.90. The van der Waals surface area contributed by atoms with Crippen molar-refractivity contribution < 1.29 is 41.0 Å². The number of alkyl halides is 6. The normalized spacial score (nSPS) is 29.5. The molecule has 2 fully saturated rings. The van der Waals surface area contributed by atoms with Crippen molar-refractivity contribution in [2.24, 2.45) is 35.0 Å². The summed E-state index contributed by atoms with van der Waals surface area (Å²) in [5.74, 6) is -1.69. The molecule has 0 radical (unpaired) electrons. The molecular weight excluding hydrogens is 414 g/mol. The van der Waals surface area contributed by atoms with Crippen LogP contribution in [0, 0.1) is 35.0 Å². The number of carbonyl (C=O) groups is 1. The quantitative estimate of drug-likeness (QED) is 0.391. The first-order valence-electron chi connectivity index (χ1n) is 10.5. The van der Waals surface area contributed by atoms with Gasteiger partial charge in [0.2, 0.25) is 0 Å². The first-order valence-corrected chi connectivity index (χ1v) is 10.5. The number of ether oxygens (including phenoxy) is 1. The molecule has 0 amide bonds. The van der Waals surface area contributed by atoms with Crippen molar-refractivity contribution in [2.75, 3.05) is 0 Å². The molecule has 2 aliphatic carbocycles. The van der Waals surface area contributed by atoms with Gasteiger partial charge in [0.05, 0.1) is 5.41 Å². The Balaban J connectivity index is 2.06. The summed E-state index contributed by atoms with van der Waals surface area (Å²) in [5.41, 5.74) is -5.42. The van der Waals surface area contributed by atoms with Crippen LogP contribution in [0.15, 0.2) is 0 Å². The fourth-order valence-electron chi connectivity index (χ4n) is 5.18. The van der Waals surface area contributed by atoms with Crippen molar-refractivity contribution in [2.45, 2.75) is 90.8 Å². The van der Waals surface area contributed by atoms with Gasteiger partial charge in [-0.2, -0.15) is 26.3 Å². The highest BCUT2D eigenvalue weighted by atomic mass is 19.4. The van der Waals surface area contributed by atoms with Crippen LogP contribution in [-0.4, -0.2) is 35.1 Å². The Morgan fingerprint density at radius 1 is 0.967 bits per heavy atom. The lowest BCUT2D eigenvalue weighted by Crippen LogP contribution is -2.58. The van der Waals surface area contributed by atoms with Crippen LogP contribution in [0.25, 0.3) is 0 Å². The Hall–Kier alpha value is -0.990. The molecule has 5 unspecified atom stereocenters. The minimum Gasteiger partial charge on any atom is -0.462 e. The summed E-state index contributed by atoms with van der Waals surface area (Å²) in [6, 6.07) is 0. The second-order valence-corrected chi connectivity index (χ2v) is 10.2. The molecule has 2 aliphatic rings. The molecule has 0 aromatic rings. The van der Waals surface area contributed by atoms with E-state index in [4.69, 9.17) is 4.74 Å². The Morgan fingerprint density at radius 3 is 1.87 bits per heavy atom. The highest BCUT2D eigenvalue weighted by Gasteiger charge is 2.71. The maximum absolute atomic E-state index is 13.0. The van der Waals surface area contributed by atoms with Gasteiger partial charge < -0.3 is 9.84 Å². The lowest BCUT2D eigenvalue weighted by Gasteiger charge is -2.38. The van der Waals surface area contributed by atoms with Gasteiger partial charge in [0.25, 0.3) is 5.60 Å². The van der Waals surface area contributed by atoms with E-state index in [9.17, 15) is 36.2 Å². The average Bonchev–Trinajstić information content (AvgIpc) is 3.11. The van der Waals surface area contributed by atoms with Gasteiger partial charge in [0.15, 0.2) is 0 Å². The number of rotatable bonds is 7. The molecule has 5 atom stereocenters. The first-order chi connectivity index (χ1) is 13.4. The van der Waals surface area contributed by atoms with Crippen molar-refractivity contribution in [3.8, 4) is 0 Å². The van der Waals surface area contributed by atoms with Gasteiger partial charge in [-0.15, -0.1) is 0 Å². The van der Waals surface area contributed by atoms with Gasteiger partial charge in [-0.05, 0) is 68.6 Å². The topological polar surface area (TPSA) is 46.5 Å². The van der Waals surface area contributed by atoms with Crippen molar-refractivity contribution in [3.05, 3.63) is 0 Å². The highest BCUT2D eigenvalue weighted by Crippen LogP contribution is 2.56. The summed E-state index contributed by atoms with van der Waals surface area (Å²) in [6.45, 7) is 9.69. The molecule has 0 aromatic carbocycles. The molecule has 2 saturated carbocycles. The summed E-state index contributed by atoms with van der Waals surface area (Å²) in [7, 11) is 0. The molecule has 176 valence electrons. The zero-order chi connectivity index (χ0) is 23.3. The lowest BCUT2D eigenvalue weighted by atomic mass is 9.73. The van der Waals surface area contributed by atoms with Gasteiger partial charge in [-0.25, -0.2) is 0 Å². The van der Waals surface area contributed by atoms with E-state index in [0.717, 1.165) is 0 Å². The summed E-state index contributed by atoms with van der Waals surface area (Å²) >= 11 is 0. The molecule has 2 bridgehead atoms. The molecule has 0 aliphatic heterocycles. The van der Waals surface area contributed by atoms with Crippen molar-refractivity contribution >= 4 is 5.97 Å². The third-order valence-corrected chi connectivity index (χ3v) is 7.27. The maximum Gasteiger partial charge on any atom is 0.426 e. The van der Waals surface area contributed by atoms with E-state index < -0.39 is 47.7 Å².